The average Bonchev–Trinajstić information content (AvgIpc) is 2.75. The smallest absolute Gasteiger partial charge is 0.305 e. The van der Waals surface area contributed by atoms with Crippen molar-refractivity contribution < 1.29 is 24.2 Å². The van der Waals surface area contributed by atoms with Crippen molar-refractivity contribution in [2.45, 2.75) is 60.0 Å². The van der Waals surface area contributed by atoms with E-state index >= 15 is 0 Å². The van der Waals surface area contributed by atoms with Crippen molar-refractivity contribution in [2.75, 3.05) is 7.11 Å². The number of ether oxygens (including phenoxy) is 2. The van der Waals surface area contributed by atoms with E-state index in [-0.39, 0.29) is 29.3 Å². The monoisotopic (exact) mass is 432 g/mol. The summed E-state index contributed by atoms with van der Waals surface area (Å²) in [6.45, 7) is 10.4. The third-order valence-corrected chi connectivity index (χ3v) is 4.14. The van der Waals surface area contributed by atoms with Crippen molar-refractivity contribution in [2.24, 2.45) is 11.7 Å². The fourth-order valence-corrected chi connectivity index (χ4v) is 2.08. The molecule has 1 amide bonds. The lowest BCUT2D eigenvalue weighted by Crippen LogP contribution is -2.16. The molecule has 0 aliphatic carbocycles. The number of primary amides is 1. The van der Waals surface area contributed by atoms with Gasteiger partial charge in [-0.15, -0.1) is 0 Å². The van der Waals surface area contributed by atoms with E-state index in [0.29, 0.717) is 6.42 Å². The molecule has 1 aromatic carbocycles. The molecule has 172 valence electrons. The number of carbonyl (C=O) groups excluding carboxylic acids is 2. The Bertz CT molecular complexity index is 779. The number of methoxy groups -OCH3 is 1. The summed E-state index contributed by atoms with van der Waals surface area (Å²) in [7, 11) is 1.37. The number of nitrogens with zero attached hydrogens (tertiary/aromatic N) is 1. The molecule has 0 aliphatic rings. The average molecular weight is 433 g/mol. The second kappa shape index (κ2) is 15.7. The number of nitrogens with two attached hydrogens (primary N) is 1. The third-order valence-electron chi connectivity index (χ3n) is 4.14. The van der Waals surface area contributed by atoms with Crippen molar-refractivity contribution in [3.8, 4) is 11.5 Å². The maximum absolute atomic E-state index is 11.0. The number of pyridine rings is 1. The van der Waals surface area contributed by atoms with E-state index < -0.39 is 5.91 Å². The van der Waals surface area contributed by atoms with Gasteiger partial charge in [-0.05, 0) is 18.4 Å². The Morgan fingerprint density at radius 3 is 2.13 bits per heavy atom. The summed E-state index contributed by atoms with van der Waals surface area (Å²) < 4.78 is 9.90. The summed E-state index contributed by atoms with van der Waals surface area (Å²) in [5.74, 6) is -0.180. The molecule has 2 rings (SSSR count). The topological polar surface area (TPSA) is 112 Å². The van der Waals surface area contributed by atoms with E-state index in [9.17, 15) is 14.7 Å². The van der Waals surface area contributed by atoms with E-state index in [1.165, 1.54) is 31.4 Å². The number of aromatic nitrogens is 1. The summed E-state index contributed by atoms with van der Waals surface area (Å²) >= 11 is 0. The van der Waals surface area contributed by atoms with Gasteiger partial charge in [-0.1, -0.05) is 64.4 Å². The van der Waals surface area contributed by atoms with Crippen LogP contribution in [0, 0.1) is 5.92 Å². The molecule has 7 heteroatoms. The first-order valence-corrected chi connectivity index (χ1v) is 10.4. The van der Waals surface area contributed by atoms with E-state index in [2.05, 4.69) is 25.8 Å². The zero-order valence-corrected chi connectivity index (χ0v) is 19.4. The fraction of sp³-hybridized carbons (Fsp3) is 0.458. The maximum atomic E-state index is 11.0. The summed E-state index contributed by atoms with van der Waals surface area (Å²) in [5.41, 5.74) is 5.93. The quantitative estimate of drug-likeness (QED) is 0.622. The highest BCUT2D eigenvalue weighted by Gasteiger charge is 2.12. The molecule has 2 aromatic rings. The molecule has 0 fully saturated rings. The van der Waals surface area contributed by atoms with E-state index in [0.717, 1.165) is 12.3 Å². The van der Waals surface area contributed by atoms with Crippen molar-refractivity contribution in [1.29, 1.82) is 0 Å². The number of amides is 1. The number of hydrogen-bond acceptors (Lipinski definition) is 6. The van der Waals surface area contributed by atoms with Gasteiger partial charge in [0.15, 0.2) is 17.2 Å². The molecular weight excluding hydrogens is 396 g/mol. The summed E-state index contributed by atoms with van der Waals surface area (Å²) in [4.78, 5) is 25.2. The first-order valence-electron chi connectivity index (χ1n) is 10.4. The Balaban J connectivity index is 0.000000483. The lowest BCUT2D eigenvalue weighted by Gasteiger charge is -2.12. The summed E-state index contributed by atoms with van der Waals surface area (Å²) in [6, 6.07) is 11.5. The molecule has 0 radical (unpaired) electrons. The van der Waals surface area contributed by atoms with Crippen LogP contribution in [0.3, 0.4) is 0 Å². The highest BCUT2D eigenvalue weighted by molar-refractivity contribution is 5.94. The fourth-order valence-electron chi connectivity index (χ4n) is 2.08. The number of esters is 1. The first-order chi connectivity index (χ1) is 14.7. The van der Waals surface area contributed by atoms with Gasteiger partial charge < -0.3 is 20.3 Å². The molecule has 1 unspecified atom stereocenters. The van der Waals surface area contributed by atoms with Crippen molar-refractivity contribution >= 4 is 11.9 Å². The number of carbonyl (C=O) groups is 2. The van der Waals surface area contributed by atoms with Crippen LogP contribution in [0.4, 0.5) is 0 Å². The Kier molecular flexibility index (Phi) is 14.1. The molecule has 0 saturated heterocycles. The third kappa shape index (κ3) is 12.3. The molecule has 7 nitrogen and oxygen atoms in total. The molecule has 1 aromatic heterocycles. The highest BCUT2D eigenvalue weighted by atomic mass is 16.5. The van der Waals surface area contributed by atoms with Crippen LogP contribution in [0.5, 0.6) is 11.5 Å². The number of hydrogen-bond donors (Lipinski definition) is 2. The first kappa shape index (κ1) is 27.9. The standard InChI is InChI=1S/C12H16O2.C7H8N2O3.C5H12/c1-3-12(13)14-10(2)9-11-7-5-4-6-8-11;1-12-4-2-3-9-5(6(4)10)7(8)11;1-4-5(2)3/h4-8,10H,3,9H2,1-2H3;2-3,10H,1H3,(H2,8,11);5H,4H2,1-3H3. The van der Waals surface area contributed by atoms with Crippen LogP contribution in [0.15, 0.2) is 42.6 Å². The maximum Gasteiger partial charge on any atom is 0.305 e. The zero-order chi connectivity index (χ0) is 23.8. The van der Waals surface area contributed by atoms with Crippen LogP contribution in [0.25, 0.3) is 0 Å². The number of rotatable bonds is 7. The van der Waals surface area contributed by atoms with Gasteiger partial charge in [0.1, 0.15) is 6.10 Å². The minimum atomic E-state index is -0.786. The second-order valence-electron chi connectivity index (χ2n) is 7.22. The molecule has 31 heavy (non-hydrogen) atoms. The van der Waals surface area contributed by atoms with Crippen molar-refractivity contribution in [1.82, 2.24) is 4.98 Å². The molecule has 0 aliphatic heterocycles. The van der Waals surface area contributed by atoms with E-state index in [1.807, 2.05) is 37.3 Å². The number of aromatic hydroxyl groups is 1. The van der Waals surface area contributed by atoms with Gasteiger partial charge in [-0.25, -0.2) is 4.98 Å². The van der Waals surface area contributed by atoms with Crippen molar-refractivity contribution in [3.05, 3.63) is 53.9 Å². The molecule has 1 heterocycles. The van der Waals surface area contributed by atoms with Gasteiger partial charge in [0.25, 0.3) is 5.91 Å². The van der Waals surface area contributed by atoms with Gasteiger partial charge in [0, 0.05) is 25.1 Å². The second-order valence-corrected chi connectivity index (χ2v) is 7.22. The van der Waals surface area contributed by atoms with Crippen molar-refractivity contribution in [3.63, 3.8) is 0 Å². The SMILES string of the molecule is CCC(=O)OC(C)Cc1ccccc1.CCC(C)C.COc1ccnc(C(N)=O)c1O. The Labute approximate surface area is 185 Å². The largest absolute Gasteiger partial charge is 0.503 e. The highest BCUT2D eigenvalue weighted by Crippen LogP contribution is 2.26. The summed E-state index contributed by atoms with van der Waals surface area (Å²) in [5, 5.41) is 9.27. The van der Waals surface area contributed by atoms with Gasteiger partial charge in [-0.2, -0.15) is 0 Å². The van der Waals surface area contributed by atoms with Gasteiger partial charge in [0.05, 0.1) is 7.11 Å². The molecule has 0 bridgehead atoms. The van der Waals surface area contributed by atoms with Gasteiger partial charge >= 0.3 is 5.97 Å². The van der Waals surface area contributed by atoms with Gasteiger partial charge in [0.2, 0.25) is 0 Å². The molecule has 3 N–H and O–H groups in total. The van der Waals surface area contributed by atoms with E-state index in [1.54, 1.807) is 6.92 Å². The summed E-state index contributed by atoms with van der Waals surface area (Å²) in [6.07, 6.45) is 3.83. The van der Waals surface area contributed by atoms with Crippen LogP contribution in [-0.2, 0) is 16.0 Å². The molecule has 1 atom stereocenters. The molecule has 0 spiro atoms. The molecular formula is C24H36N2O5. The lowest BCUT2D eigenvalue weighted by atomic mass is 10.1. The predicted octanol–water partition coefficient (Wildman–Crippen LogP) is 4.52. The van der Waals surface area contributed by atoms with Crippen LogP contribution in [0.2, 0.25) is 0 Å². The van der Waals surface area contributed by atoms with Crippen LogP contribution in [0.1, 0.15) is 63.5 Å². The van der Waals surface area contributed by atoms with Crippen LogP contribution >= 0.6 is 0 Å². The Morgan fingerprint density at radius 2 is 1.68 bits per heavy atom. The van der Waals surface area contributed by atoms with E-state index in [4.69, 9.17) is 15.2 Å². The minimum absolute atomic E-state index is 0.0372. The lowest BCUT2D eigenvalue weighted by molar-refractivity contribution is -0.147. The minimum Gasteiger partial charge on any atom is -0.503 e. The zero-order valence-electron chi connectivity index (χ0n) is 19.4. The normalized spacial score (nSPS) is 10.7. The Morgan fingerprint density at radius 1 is 1.10 bits per heavy atom. The molecule has 0 saturated carbocycles. The predicted molar refractivity (Wildman–Crippen MR) is 122 cm³/mol. The Hall–Kier alpha value is -3.09. The number of benzene rings is 1. The van der Waals surface area contributed by atoms with Crippen LogP contribution in [-0.4, -0.2) is 35.2 Å². The van der Waals surface area contributed by atoms with Crippen LogP contribution < -0.4 is 10.5 Å². The van der Waals surface area contributed by atoms with Gasteiger partial charge in [-0.3, -0.25) is 9.59 Å².